The molecular weight excluding hydrogens is 506 g/mol. The zero-order valence-corrected chi connectivity index (χ0v) is 23.0. The van der Waals surface area contributed by atoms with Crippen LogP contribution in [0.4, 0.5) is 4.79 Å². The van der Waals surface area contributed by atoms with Gasteiger partial charge in [0.1, 0.15) is 23.7 Å². The summed E-state index contributed by atoms with van der Waals surface area (Å²) < 4.78 is 5.35. The fourth-order valence-electron chi connectivity index (χ4n) is 3.98. The zero-order valence-electron chi connectivity index (χ0n) is 23.0. The van der Waals surface area contributed by atoms with Gasteiger partial charge in [0, 0.05) is 29.9 Å². The number of aromatic amines is 1. The second-order valence-electron chi connectivity index (χ2n) is 10.8. The molecule has 4 amide bonds. The molecular formula is C27H39N5O7. The summed E-state index contributed by atoms with van der Waals surface area (Å²) in [5, 5.41) is 17.6. The van der Waals surface area contributed by atoms with Crippen LogP contribution in [0.5, 0.6) is 0 Å². The van der Waals surface area contributed by atoms with Crippen LogP contribution < -0.4 is 21.7 Å². The molecule has 1 aromatic carbocycles. The fourth-order valence-corrected chi connectivity index (χ4v) is 3.98. The van der Waals surface area contributed by atoms with Crippen LogP contribution in [0.15, 0.2) is 30.5 Å². The summed E-state index contributed by atoms with van der Waals surface area (Å²) in [7, 11) is 0. The third kappa shape index (κ3) is 10.3. The number of fused-ring (bicyclic) bond motifs is 1. The molecule has 0 saturated carbocycles. The number of ether oxygens (including phenoxy) is 1. The molecule has 0 bridgehead atoms. The van der Waals surface area contributed by atoms with Crippen molar-refractivity contribution < 1.29 is 33.8 Å². The highest BCUT2D eigenvalue weighted by Crippen LogP contribution is 2.20. The molecule has 7 N–H and O–H groups in total. The number of amides is 4. The van der Waals surface area contributed by atoms with Gasteiger partial charge >= 0.3 is 12.1 Å². The second-order valence-corrected chi connectivity index (χ2v) is 10.8. The zero-order chi connectivity index (χ0) is 29.3. The SMILES string of the molecule is CC(C)C[C@H](NC(=O)[C@H](Cc1c[nH]c2ccccc12)NC(=O)OC(C)(C)C)C(=O)N[C@@H](CCC(=O)O)C(N)=O. The number of hydrogen-bond acceptors (Lipinski definition) is 6. The molecule has 0 unspecified atom stereocenters. The van der Waals surface area contributed by atoms with Crippen molar-refractivity contribution in [3.05, 3.63) is 36.0 Å². The van der Waals surface area contributed by atoms with Crippen molar-refractivity contribution in [3.63, 3.8) is 0 Å². The van der Waals surface area contributed by atoms with Crippen LogP contribution in [0, 0.1) is 5.92 Å². The number of primary amides is 1. The van der Waals surface area contributed by atoms with Gasteiger partial charge in [-0.25, -0.2) is 4.79 Å². The lowest BCUT2D eigenvalue weighted by molar-refractivity contribution is -0.138. The molecule has 0 aliphatic rings. The quantitative estimate of drug-likeness (QED) is 0.221. The van der Waals surface area contributed by atoms with Crippen LogP contribution in [-0.4, -0.2) is 63.6 Å². The van der Waals surface area contributed by atoms with Gasteiger partial charge in [-0.2, -0.15) is 0 Å². The Hall–Kier alpha value is -4.09. The molecule has 214 valence electrons. The Morgan fingerprint density at radius 3 is 2.18 bits per heavy atom. The minimum Gasteiger partial charge on any atom is -0.481 e. The highest BCUT2D eigenvalue weighted by molar-refractivity contribution is 5.94. The summed E-state index contributed by atoms with van der Waals surface area (Å²) >= 11 is 0. The van der Waals surface area contributed by atoms with Gasteiger partial charge in [0.15, 0.2) is 0 Å². The van der Waals surface area contributed by atoms with E-state index in [4.69, 9.17) is 15.6 Å². The maximum absolute atomic E-state index is 13.5. The van der Waals surface area contributed by atoms with Crippen molar-refractivity contribution in [1.29, 1.82) is 0 Å². The Bertz CT molecular complexity index is 1180. The van der Waals surface area contributed by atoms with Gasteiger partial charge in [-0.1, -0.05) is 32.0 Å². The van der Waals surface area contributed by atoms with E-state index in [1.165, 1.54) is 0 Å². The molecule has 0 aliphatic heterocycles. The minimum absolute atomic E-state index is 0.0296. The van der Waals surface area contributed by atoms with E-state index in [0.717, 1.165) is 16.5 Å². The van der Waals surface area contributed by atoms with Gasteiger partial charge in [0.25, 0.3) is 0 Å². The van der Waals surface area contributed by atoms with Gasteiger partial charge in [-0.15, -0.1) is 0 Å². The number of nitrogens with two attached hydrogens (primary N) is 1. The van der Waals surface area contributed by atoms with E-state index in [0.29, 0.717) is 0 Å². The molecule has 12 heteroatoms. The van der Waals surface area contributed by atoms with Gasteiger partial charge in [-0.3, -0.25) is 19.2 Å². The Balaban J connectivity index is 2.28. The largest absolute Gasteiger partial charge is 0.481 e. The first kappa shape index (κ1) is 31.1. The van der Waals surface area contributed by atoms with Gasteiger partial charge in [-0.05, 0) is 51.2 Å². The summed E-state index contributed by atoms with van der Waals surface area (Å²) in [6, 6.07) is 4.12. The Labute approximate surface area is 227 Å². The van der Waals surface area contributed by atoms with Gasteiger partial charge in [0.05, 0.1) is 0 Å². The van der Waals surface area contributed by atoms with E-state index in [1.807, 2.05) is 38.1 Å². The van der Waals surface area contributed by atoms with Crippen molar-refractivity contribution in [2.75, 3.05) is 0 Å². The molecule has 0 fully saturated rings. The number of alkyl carbamates (subject to hydrolysis) is 1. The van der Waals surface area contributed by atoms with Crippen LogP contribution in [-0.2, 0) is 30.3 Å². The molecule has 1 heterocycles. The number of aromatic nitrogens is 1. The van der Waals surface area contributed by atoms with Crippen LogP contribution in [0.2, 0.25) is 0 Å². The van der Waals surface area contributed by atoms with Gasteiger partial charge in [0.2, 0.25) is 17.7 Å². The molecule has 2 rings (SSSR count). The van der Waals surface area contributed by atoms with E-state index < -0.39 is 53.5 Å². The number of carboxylic acid groups (broad SMARTS) is 1. The van der Waals surface area contributed by atoms with Crippen molar-refractivity contribution in [2.24, 2.45) is 11.7 Å². The number of H-pyrrole nitrogens is 1. The number of rotatable bonds is 13. The number of nitrogens with one attached hydrogen (secondary N) is 4. The molecule has 0 aliphatic carbocycles. The lowest BCUT2D eigenvalue weighted by Gasteiger charge is -2.26. The number of para-hydroxylation sites is 1. The van der Waals surface area contributed by atoms with Crippen LogP contribution >= 0.6 is 0 Å². The number of carbonyl (C=O) groups excluding carboxylic acids is 4. The number of benzene rings is 1. The maximum atomic E-state index is 13.5. The minimum atomic E-state index is -1.22. The summed E-state index contributed by atoms with van der Waals surface area (Å²) in [6.45, 7) is 8.80. The molecule has 3 atom stereocenters. The number of carboxylic acids is 1. The molecule has 0 saturated heterocycles. The third-order valence-corrected chi connectivity index (χ3v) is 5.75. The van der Waals surface area contributed by atoms with Crippen molar-refractivity contribution in [2.45, 2.75) is 84.0 Å². The summed E-state index contributed by atoms with van der Waals surface area (Å²) in [4.78, 5) is 65.1. The lowest BCUT2D eigenvalue weighted by atomic mass is 10.00. The monoisotopic (exact) mass is 545 g/mol. The summed E-state index contributed by atoms with van der Waals surface area (Å²) in [5.74, 6) is -3.38. The highest BCUT2D eigenvalue weighted by Gasteiger charge is 2.31. The van der Waals surface area contributed by atoms with Crippen LogP contribution in [0.25, 0.3) is 10.9 Å². The van der Waals surface area contributed by atoms with E-state index in [-0.39, 0.29) is 31.6 Å². The smallest absolute Gasteiger partial charge is 0.408 e. The highest BCUT2D eigenvalue weighted by atomic mass is 16.6. The normalized spacial score (nSPS) is 13.8. The number of carbonyl (C=O) groups is 5. The van der Waals surface area contributed by atoms with Crippen molar-refractivity contribution in [3.8, 4) is 0 Å². The predicted molar refractivity (Wildman–Crippen MR) is 145 cm³/mol. The van der Waals surface area contributed by atoms with Crippen molar-refractivity contribution in [1.82, 2.24) is 20.9 Å². The molecule has 0 radical (unpaired) electrons. The first-order chi connectivity index (χ1) is 18.2. The second kappa shape index (κ2) is 13.6. The topological polar surface area (TPSA) is 193 Å². The molecule has 2 aromatic rings. The Kier molecular flexibility index (Phi) is 10.9. The maximum Gasteiger partial charge on any atom is 0.408 e. The first-order valence-electron chi connectivity index (χ1n) is 12.8. The Morgan fingerprint density at radius 2 is 1.59 bits per heavy atom. The summed E-state index contributed by atoms with van der Waals surface area (Å²) in [6.07, 6.45) is 0.709. The number of aliphatic carboxylic acids is 1. The van der Waals surface area contributed by atoms with E-state index >= 15 is 0 Å². The third-order valence-electron chi connectivity index (χ3n) is 5.75. The average molecular weight is 546 g/mol. The average Bonchev–Trinajstić information content (AvgIpc) is 3.21. The van der Waals surface area contributed by atoms with Crippen LogP contribution in [0.1, 0.15) is 59.4 Å². The molecule has 39 heavy (non-hydrogen) atoms. The summed E-state index contributed by atoms with van der Waals surface area (Å²) in [5.41, 5.74) is 6.18. The first-order valence-corrected chi connectivity index (χ1v) is 12.8. The predicted octanol–water partition coefficient (Wildman–Crippen LogP) is 1.97. The lowest BCUT2D eigenvalue weighted by Crippen LogP contribution is -2.57. The molecule has 1 aromatic heterocycles. The fraction of sp³-hybridized carbons (Fsp3) is 0.519. The number of hydrogen-bond donors (Lipinski definition) is 6. The van der Waals surface area contributed by atoms with Gasteiger partial charge < -0.3 is 36.5 Å². The van der Waals surface area contributed by atoms with E-state index in [1.54, 1.807) is 27.0 Å². The standard InChI is InChI=1S/C27H39N5O7/c1-15(2)12-20(24(36)30-19(23(28)35)10-11-22(33)34)31-25(37)21(32-26(38)39-27(3,4)5)13-16-14-29-18-9-7-6-8-17(16)18/h6-9,14-15,19-21,29H,10-13H2,1-5H3,(H2,28,35)(H,30,36)(H,31,37)(H,32,38)(H,33,34)/t19-,20-,21-/m0/s1. The molecule has 0 spiro atoms. The Morgan fingerprint density at radius 1 is 0.974 bits per heavy atom. The van der Waals surface area contributed by atoms with E-state index in [2.05, 4.69) is 20.9 Å². The molecule has 12 nitrogen and oxygen atoms in total. The van der Waals surface area contributed by atoms with E-state index in [9.17, 15) is 24.0 Å². The van der Waals surface area contributed by atoms with Crippen molar-refractivity contribution >= 4 is 40.7 Å². The van der Waals surface area contributed by atoms with Crippen LogP contribution in [0.3, 0.4) is 0 Å².